The minimum Gasteiger partial charge on any atom is -0.497 e. The van der Waals surface area contributed by atoms with Crippen LogP contribution in [0.5, 0.6) is 5.75 Å². The SMILES string of the molecule is COc1ccc2[nH]c(C(=O)N3CCCC(c4nc(C(C)C)no4)C3)cc2c1. The standard InChI is InChI=1S/C20H24N4O3/c1-12(2)18-22-19(27-23-18)13-5-4-8-24(11-13)20(25)17-10-14-9-15(26-3)6-7-16(14)21-17/h6-7,9-10,12-13,21H,4-5,8,11H2,1-3H3. The zero-order valence-corrected chi connectivity index (χ0v) is 15.9. The Bertz CT molecular complexity index is 959. The monoisotopic (exact) mass is 368 g/mol. The van der Waals surface area contributed by atoms with E-state index >= 15 is 0 Å². The number of carbonyl (C=O) groups is 1. The average Bonchev–Trinajstić information content (AvgIpc) is 3.34. The number of benzene rings is 1. The Kier molecular flexibility index (Phi) is 4.59. The Balaban J connectivity index is 1.52. The van der Waals surface area contributed by atoms with Crippen molar-refractivity contribution >= 4 is 16.8 Å². The molecule has 1 aliphatic rings. The van der Waals surface area contributed by atoms with Crippen molar-refractivity contribution in [2.75, 3.05) is 20.2 Å². The van der Waals surface area contributed by atoms with Crippen LogP contribution in [-0.4, -0.2) is 46.1 Å². The molecule has 1 saturated heterocycles. The van der Waals surface area contributed by atoms with Crippen molar-refractivity contribution in [3.8, 4) is 5.75 Å². The number of methoxy groups -OCH3 is 1. The lowest BCUT2D eigenvalue weighted by Gasteiger charge is -2.30. The molecule has 1 amide bonds. The minimum absolute atomic E-state index is 0.00142. The number of carbonyl (C=O) groups excluding carboxylic acids is 1. The van der Waals surface area contributed by atoms with E-state index in [1.807, 2.05) is 43.0 Å². The Morgan fingerprint density at radius 1 is 1.37 bits per heavy atom. The number of amides is 1. The van der Waals surface area contributed by atoms with Gasteiger partial charge in [0.1, 0.15) is 11.4 Å². The molecule has 27 heavy (non-hydrogen) atoms. The van der Waals surface area contributed by atoms with Crippen molar-refractivity contribution in [3.05, 3.63) is 41.7 Å². The van der Waals surface area contributed by atoms with Gasteiger partial charge in [0.05, 0.1) is 13.0 Å². The summed E-state index contributed by atoms with van der Waals surface area (Å²) < 4.78 is 10.7. The Hall–Kier alpha value is -2.83. The van der Waals surface area contributed by atoms with Crippen LogP contribution in [0.15, 0.2) is 28.8 Å². The lowest BCUT2D eigenvalue weighted by molar-refractivity contribution is 0.0690. The number of aromatic nitrogens is 3. The summed E-state index contributed by atoms with van der Waals surface area (Å²) in [4.78, 5) is 22.6. The van der Waals surface area contributed by atoms with E-state index in [0.717, 1.165) is 41.9 Å². The van der Waals surface area contributed by atoms with Crippen LogP contribution in [0.4, 0.5) is 0 Å². The van der Waals surface area contributed by atoms with Gasteiger partial charge in [0.25, 0.3) is 5.91 Å². The van der Waals surface area contributed by atoms with E-state index in [4.69, 9.17) is 9.26 Å². The number of hydrogen-bond donors (Lipinski definition) is 1. The first-order valence-electron chi connectivity index (χ1n) is 9.34. The second kappa shape index (κ2) is 7.06. The molecule has 1 N–H and O–H groups in total. The van der Waals surface area contributed by atoms with Crippen LogP contribution in [0.2, 0.25) is 0 Å². The van der Waals surface area contributed by atoms with Gasteiger partial charge in [0.15, 0.2) is 5.82 Å². The first-order chi connectivity index (χ1) is 13.0. The molecule has 0 bridgehead atoms. The molecule has 2 aromatic heterocycles. The van der Waals surface area contributed by atoms with E-state index in [1.165, 1.54) is 0 Å². The number of piperidine rings is 1. The highest BCUT2D eigenvalue weighted by Crippen LogP contribution is 2.28. The largest absolute Gasteiger partial charge is 0.497 e. The molecule has 0 radical (unpaired) electrons. The number of ether oxygens (including phenoxy) is 1. The van der Waals surface area contributed by atoms with Gasteiger partial charge in [-0.3, -0.25) is 4.79 Å². The van der Waals surface area contributed by atoms with Crippen molar-refractivity contribution in [1.82, 2.24) is 20.0 Å². The molecule has 4 rings (SSSR count). The molecule has 1 atom stereocenters. The number of nitrogens with zero attached hydrogens (tertiary/aromatic N) is 3. The fourth-order valence-electron chi connectivity index (χ4n) is 3.53. The topological polar surface area (TPSA) is 84.3 Å². The lowest BCUT2D eigenvalue weighted by atomic mass is 9.97. The van der Waals surface area contributed by atoms with Crippen LogP contribution in [0.3, 0.4) is 0 Å². The van der Waals surface area contributed by atoms with Crippen LogP contribution < -0.4 is 4.74 Å². The van der Waals surface area contributed by atoms with E-state index in [9.17, 15) is 4.79 Å². The van der Waals surface area contributed by atoms with E-state index in [1.54, 1.807) is 7.11 Å². The van der Waals surface area contributed by atoms with E-state index in [2.05, 4.69) is 15.1 Å². The molecule has 7 nitrogen and oxygen atoms in total. The third kappa shape index (κ3) is 3.41. The quantitative estimate of drug-likeness (QED) is 0.759. The summed E-state index contributed by atoms with van der Waals surface area (Å²) in [5, 5.41) is 5.02. The molecule has 0 saturated carbocycles. The smallest absolute Gasteiger partial charge is 0.270 e. The van der Waals surface area contributed by atoms with Gasteiger partial charge >= 0.3 is 0 Å². The van der Waals surface area contributed by atoms with Crippen LogP contribution in [0, 0.1) is 0 Å². The summed E-state index contributed by atoms with van der Waals surface area (Å²) in [5.74, 6) is 2.45. The lowest BCUT2D eigenvalue weighted by Crippen LogP contribution is -2.39. The fraction of sp³-hybridized carbons (Fsp3) is 0.450. The molecule has 142 valence electrons. The van der Waals surface area contributed by atoms with Crippen molar-refractivity contribution in [2.24, 2.45) is 0 Å². The molecule has 0 aliphatic carbocycles. The predicted molar refractivity (Wildman–Crippen MR) is 101 cm³/mol. The second-order valence-electron chi connectivity index (χ2n) is 7.37. The Morgan fingerprint density at radius 2 is 2.22 bits per heavy atom. The summed E-state index contributed by atoms with van der Waals surface area (Å²) in [5.41, 5.74) is 1.51. The van der Waals surface area contributed by atoms with Crippen LogP contribution in [0.25, 0.3) is 10.9 Å². The number of likely N-dealkylation sites (tertiary alicyclic amines) is 1. The number of H-pyrrole nitrogens is 1. The van der Waals surface area contributed by atoms with Gasteiger partial charge in [-0.25, -0.2) is 0 Å². The maximum atomic E-state index is 13.0. The average molecular weight is 368 g/mol. The highest BCUT2D eigenvalue weighted by atomic mass is 16.5. The molecule has 7 heteroatoms. The Labute approximate surface area is 157 Å². The van der Waals surface area contributed by atoms with Gasteiger partial charge in [-0.2, -0.15) is 4.98 Å². The first kappa shape index (κ1) is 17.6. The zero-order chi connectivity index (χ0) is 19.0. The summed E-state index contributed by atoms with van der Waals surface area (Å²) in [7, 11) is 1.63. The minimum atomic E-state index is -0.00142. The number of hydrogen-bond acceptors (Lipinski definition) is 5. The molecule has 3 heterocycles. The summed E-state index contributed by atoms with van der Waals surface area (Å²) in [6, 6.07) is 7.61. The number of nitrogens with one attached hydrogen (secondary N) is 1. The van der Waals surface area contributed by atoms with E-state index < -0.39 is 0 Å². The van der Waals surface area contributed by atoms with Gasteiger partial charge in [-0.1, -0.05) is 19.0 Å². The van der Waals surface area contributed by atoms with Crippen LogP contribution in [0.1, 0.15) is 60.7 Å². The van der Waals surface area contributed by atoms with E-state index in [0.29, 0.717) is 18.1 Å². The van der Waals surface area contributed by atoms with Gasteiger partial charge in [-0.15, -0.1) is 0 Å². The van der Waals surface area contributed by atoms with Crippen molar-refractivity contribution in [3.63, 3.8) is 0 Å². The van der Waals surface area contributed by atoms with Gasteiger partial charge in [-0.05, 0) is 37.1 Å². The van der Waals surface area contributed by atoms with Gasteiger partial charge in [0, 0.05) is 29.9 Å². The normalized spacial score (nSPS) is 17.6. The van der Waals surface area contributed by atoms with Crippen LogP contribution >= 0.6 is 0 Å². The molecule has 0 spiro atoms. The van der Waals surface area contributed by atoms with Crippen molar-refractivity contribution in [1.29, 1.82) is 0 Å². The summed E-state index contributed by atoms with van der Waals surface area (Å²) in [6.45, 7) is 5.41. The molecule has 3 aromatic rings. The zero-order valence-electron chi connectivity index (χ0n) is 15.9. The maximum Gasteiger partial charge on any atom is 0.270 e. The van der Waals surface area contributed by atoms with Crippen LogP contribution in [-0.2, 0) is 0 Å². The van der Waals surface area contributed by atoms with E-state index in [-0.39, 0.29) is 17.7 Å². The van der Waals surface area contributed by atoms with Gasteiger partial charge < -0.3 is 19.1 Å². The molecular formula is C20H24N4O3. The number of fused-ring (bicyclic) bond motifs is 1. The highest BCUT2D eigenvalue weighted by molar-refractivity contribution is 5.98. The maximum absolute atomic E-state index is 13.0. The van der Waals surface area contributed by atoms with Gasteiger partial charge in [0.2, 0.25) is 5.89 Å². The summed E-state index contributed by atoms with van der Waals surface area (Å²) >= 11 is 0. The molecule has 1 aliphatic heterocycles. The third-order valence-electron chi connectivity index (χ3n) is 5.09. The highest BCUT2D eigenvalue weighted by Gasteiger charge is 2.30. The molecular weight excluding hydrogens is 344 g/mol. The molecule has 1 fully saturated rings. The fourth-order valence-corrected chi connectivity index (χ4v) is 3.53. The van der Waals surface area contributed by atoms with Crippen molar-refractivity contribution < 1.29 is 14.1 Å². The number of aromatic amines is 1. The third-order valence-corrected chi connectivity index (χ3v) is 5.09. The first-order valence-corrected chi connectivity index (χ1v) is 9.34. The molecule has 1 aromatic carbocycles. The van der Waals surface area contributed by atoms with Crippen molar-refractivity contribution in [2.45, 2.75) is 38.5 Å². The second-order valence-corrected chi connectivity index (χ2v) is 7.37. The summed E-state index contributed by atoms with van der Waals surface area (Å²) in [6.07, 6.45) is 1.87. The predicted octanol–water partition coefficient (Wildman–Crippen LogP) is 3.70. The Morgan fingerprint density at radius 3 is 2.96 bits per heavy atom. The molecule has 1 unspecified atom stereocenters. The number of rotatable bonds is 4.